The normalized spacial score (nSPS) is 10.5. The van der Waals surface area contributed by atoms with Gasteiger partial charge in [0.25, 0.3) is 0 Å². The van der Waals surface area contributed by atoms with Crippen LogP contribution in [0.5, 0.6) is 0 Å². The maximum Gasteiger partial charge on any atom is 0.223 e. The van der Waals surface area contributed by atoms with E-state index in [0.29, 0.717) is 5.95 Å². The van der Waals surface area contributed by atoms with Gasteiger partial charge in [-0.15, -0.1) is 11.8 Å². The third-order valence-corrected chi connectivity index (χ3v) is 3.88. The van der Waals surface area contributed by atoms with E-state index >= 15 is 0 Å². The number of nitrogens with one attached hydrogen (secondary N) is 1. The fourth-order valence-electron chi connectivity index (χ4n) is 1.77. The van der Waals surface area contributed by atoms with Gasteiger partial charge in [0.2, 0.25) is 5.95 Å². The Morgan fingerprint density at radius 1 is 1.26 bits per heavy atom. The summed E-state index contributed by atoms with van der Waals surface area (Å²) in [5.74, 6) is 1.64. The summed E-state index contributed by atoms with van der Waals surface area (Å²) in [6.07, 6.45) is 1.88. The lowest BCUT2D eigenvalue weighted by Crippen LogP contribution is -2.03. The summed E-state index contributed by atoms with van der Waals surface area (Å²) < 4.78 is 0. The molecule has 0 saturated carbocycles. The Morgan fingerprint density at radius 2 is 2.11 bits per heavy atom. The number of aromatic nitrogens is 2. The first-order chi connectivity index (χ1) is 9.19. The summed E-state index contributed by atoms with van der Waals surface area (Å²) in [6, 6.07) is 8.59. The van der Waals surface area contributed by atoms with Crippen molar-refractivity contribution in [2.24, 2.45) is 0 Å². The van der Waals surface area contributed by atoms with Gasteiger partial charge in [-0.25, -0.2) is 9.97 Å². The molecule has 0 atom stereocenters. The molecule has 1 N–H and O–H groups in total. The minimum atomic E-state index is 0.708. The second-order valence-corrected chi connectivity index (χ2v) is 5.45. The van der Waals surface area contributed by atoms with Crippen molar-refractivity contribution in [1.29, 1.82) is 0 Å². The fourth-order valence-corrected chi connectivity index (χ4v) is 2.68. The molecule has 0 bridgehead atoms. The number of hydrogen-bond acceptors (Lipinski definition) is 4. The molecular weight excluding hydrogens is 254 g/mol. The average molecular weight is 273 g/mol. The summed E-state index contributed by atoms with van der Waals surface area (Å²) >= 11 is 1.76. The van der Waals surface area contributed by atoms with E-state index in [2.05, 4.69) is 46.5 Å². The predicted octanol–water partition coefficient (Wildman–Crippen LogP) is 3.82. The number of anilines is 1. The monoisotopic (exact) mass is 273 g/mol. The van der Waals surface area contributed by atoms with Crippen molar-refractivity contribution in [3.63, 3.8) is 0 Å². The van der Waals surface area contributed by atoms with Crippen LogP contribution in [0.2, 0.25) is 0 Å². The number of nitrogens with zero attached hydrogens (tertiary/aromatic N) is 2. The Hall–Kier alpha value is -1.55. The number of thioether (sulfide) groups is 1. The average Bonchev–Trinajstić information content (AvgIpc) is 2.40. The Bertz CT molecular complexity index is 555. The quantitative estimate of drug-likeness (QED) is 0.664. The highest BCUT2D eigenvalue weighted by Crippen LogP contribution is 2.24. The summed E-state index contributed by atoms with van der Waals surface area (Å²) in [5.41, 5.74) is 3.75. The van der Waals surface area contributed by atoms with E-state index in [0.717, 1.165) is 22.9 Å². The van der Waals surface area contributed by atoms with Crippen LogP contribution in [0.3, 0.4) is 0 Å². The summed E-state index contributed by atoms with van der Waals surface area (Å²) in [6.45, 7) is 7.05. The predicted molar refractivity (Wildman–Crippen MR) is 81.7 cm³/mol. The van der Waals surface area contributed by atoms with Gasteiger partial charge in [0, 0.05) is 18.5 Å². The van der Waals surface area contributed by atoms with E-state index in [9.17, 15) is 0 Å². The van der Waals surface area contributed by atoms with Crippen LogP contribution in [0.1, 0.15) is 23.6 Å². The molecule has 0 aliphatic rings. The third kappa shape index (κ3) is 3.96. The lowest BCUT2D eigenvalue weighted by atomic mass is 10.2. The smallest absolute Gasteiger partial charge is 0.223 e. The molecule has 0 aliphatic carbocycles. The van der Waals surface area contributed by atoms with E-state index in [4.69, 9.17) is 0 Å². The van der Waals surface area contributed by atoms with Gasteiger partial charge in [0.05, 0.1) is 0 Å². The summed E-state index contributed by atoms with van der Waals surface area (Å²) in [5, 5.41) is 4.20. The summed E-state index contributed by atoms with van der Waals surface area (Å²) in [7, 11) is 0. The third-order valence-electron chi connectivity index (χ3n) is 2.72. The van der Waals surface area contributed by atoms with Crippen molar-refractivity contribution >= 4 is 17.7 Å². The molecule has 2 rings (SSSR count). The van der Waals surface area contributed by atoms with Gasteiger partial charge in [0.1, 0.15) is 5.03 Å². The molecule has 0 saturated heterocycles. The zero-order chi connectivity index (χ0) is 13.7. The first kappa shape index (κ1) is 13.9. The van der Waals surface area contributed by atoms with Gasteiger partial charge in [-0.3, -0.25) is 0 Å². The van der Waals surface area contributed by atoms with Crippen LogP contribution >= 0.6 is 11.8 Å². The standard InChI is InChI=1S/C15H19N3S/c1-4-16-15-17-9-12(3)14(18-15)19-10-13-7-5-6-11(2)8-13/h5-9H,4,10H2,1-3H3,(H,16,17,18). The molecule has 0 fully saturated rings. The SMILES string of the molecule is CCNc1ncc(C)c(SCc2cccc(C)c2)n1. The van der Waals surface area contributed by atoms with Crippen molar-refractivity contribution in [2.75, 3.05) is 11.9 Å². The van der Waals surface area contributed by atoms with E-state index in [1.807, 2.05) is 20.0 Å². The topological polar surface area (TPSA) is 37.8 Å². The lowest BCUT2D eigenvalue weighted by Gasteiger charge is -2.07. The molecule has 0 aliphatic heterocycles. The van der Waals surface area contributed by atoms with Gasteiger partial charge in [0.15, 0.2) is 0 Å². The molecule has 3 nitrogen and oxygen atoms in total. The Balaban J connectivity index is 2.08. The number of aryl methyl sites for hydroxylation is 2. The Morgan fingerprint density at radius 3 is 2.84 bits per heavy atom. The van der Waals surface area contributed by atoms with Crippen LogP contribution in [0, 0.1) is 13.8 Å². The van der Waals surface area contributed by atoms with Crippen molar-refractivity contribution in [1.82, 2.24) is 9.97 Å². The van der Waals surface area contributed by atoms with E-state index in [-0.39, 0.29) is 0 Å². The largest absolute Gasteiger partial charge is 0.354 e. The van der Waals surface area contributed by atoms with Gasteiger partial charge in [-0.2, -0.15) is 0 Å². The van der Waals surface area contributed by atoms with Gasteiger partial charge < -0.3 is 5.32 Å². The molecule has 0 radical (unpaired) electrons. The first-order valence-electron chi connectivity index (χ1n) is 6.45. The van der Waals surface area contributed by atoms with E-state index < -0.39 is 0 Å². The maximum atomic E-state index is 4.54. The maximum absolute atomic E-state index is 4.54. The molecule has 100 valence electrons. The molecular formula is C15H19N3S. The van der Waals surface area contributed by atoms with Crippen molar-refractivity contribution in [2.45, 2.75) is 31.6 Å². The second kappa shape index (κ2) is 6.57. The molecule has 2 aromatic rings. The van der Waals surface area contributed by atoms with Gasteiger partial charge in [-0.1, -0.05) is 29.8 Å². The minimum absolute atomic E-state index is 0.708. The Labute approximate surface area is 118 Å². The lowest BCUT2D eigenvalue weighted by molar-refractivity contribution is 0.983. The van der Waals surface area contributed by atoms with Crippen LogP contribution in [-0.2, 0) is 5.75 Å². The van der Waals surface area contributed by atoms with Crippen LogP contribution in [0.15, 0.2) is 35.5 Å². The van der Waals surface area contributed by atoms with Gasteiger partial charge >= 0.3 is 0 Å². The number of rotatable bonds is 5. The van der Waals surface area contributed by atoms with E-state index in [1.54, 1.807) is 11.8 Å². The van der Waals surface area contributed by atoms with Crippen LogP contribution in [0.4, 0.5) is 5.95 Å². The molecule has 1 aromatic heterocycles. The highest BCUT2D eigenvalue weighted by molar-refractivity contribution is 7.98. The van der Waals surface area contributed by atoms with Crippen LogP contribution < -0.4 is 5.32 Å². The number of benzene rings is 1. The highest BCUT2D eigenvalue weighted by Gasteiger charge is 2.05. The molecule has 4 heteroatoms. The van der Waals surface area contributed by atoms with Crippen LogP contribution in [-0.4, -0.2) is 16.5 Å². The molecule has 1 heterocycles. The van der Waals surface area contributed by atoms with Crippen molar-refractivity contribution < 1.29 is 0 Å². The highest BCUT2D eigenvalue weighted by atomic mass is 32.2. The molecule has 0 unspecified atom stereocenters. The zero-order valence-corrected chi connectivity index (χ0v) is 12.4. The van der Waals surface area contributed by atoms with Crippen LogP contribution in [0.25, 0.3) is 0 Å². The zero-order valence-electron chi connectivity index (χ0n) is 11.6. The fraction of sp³-hybridized carbons (Fsp3) is 0.333. The second-order valence-electron chi connectivity index (χ2n) is 4.49. The van der Waals surface area contributed by atoms with E-state index in [1.165, 1.54) is 11.1 Å². The first-order valence-corrected chi connectivity index (χ1v) is 7.43. The molecule has 1 aromatic carbocycles. The molecule has 0 spiro atoms. The minimum Gasteiger partial charge on any atom is -0.354 e. The van der Waals surface area contributed by atoms with Gasteiger partial charge in [-0.05, 0) is 31.9 Å². The molecule has 0 amide bonds. The molecule has 19 heavy (non-hydrogen) atoms. The van der Waals surface area contributed by atoms with Crippen molar-refractivity contribution in [3.05, 3.63) is 47.2 Å². The Kier molecular flexibility index (Phi) is 4.80. The summed E-state index contributed by atoms with van der Waals surface area (Å²) in [4.78, 5) is 8.80. The number of hydrogen-bond donors (Lipinski definition) is 1. The van der Waals surface area contributed by atoms with Crippen molar-refractivity contribution in [3.8, 4) is 0 Å².